The van der Waals surface area contributed by atoms with E-state index in [1.165, 1.54) is 23.3 Å². The van der Waals surface area contributed by atoms with Gasteiger partial charge < -0.3 is 9.72 Å². The highest BCUT2D eigenvalue weighted by atomic mass is 32.1. The number of nitrogens with one attached hydrogen (secondary N) is 1. The number of allylic oxidation sites excluding steroid dienone is 2. The highest BCUT2D eigenvalue weighted by Crippen LogP contribution is 2.34. The van der Waals surface area contributed by atoms with Gasteiger partial charge in [-0.3, -0.25) is 4.79 Å². The van der Waals surface area contributed by atoms with Crippen molar-refractivity contribution in [1.29, 1.82) is 0 Å². The van der Waals surface area contributed by atoms with Crippen molar-refractivity contribution >= 4 is 33.1 Å². The van der Waals surface area contributed by atoms with Gasteiger partial charge in [-0.2, -0.15) is 0 Å². The number of carbonyl (C=O) groups excluding carboxylic acids is 1. The number of H-pyrrole nitrogens is 1. The number of hydrogen-bond acceptors (Lipinski definition) is 4. The van der Waals surface area contributed by atoms with Crippen molar-refractivity contribution in [2.45, 2.75) is 32.6 Å². The van der Waals surface area contributed by atoms with Gasteiger partial charge in [-0.25, -0.2) is 4.79 Å². The molecule has 21 heavy (non-hydrogen) atoms. The van der Waals surface area contributed by atoms with Crippen LogP contribution in [0.2, 0.25) is 0 Å². The molecule has 1 aliphatic rings. The molecule has 1 N–H and O–H groups in total. The van der Waals surface area contributed by atoms with E-state index in [0.29, 0.717) is 0 Å². The Hall–Kier alpha value is -1.88. The predicted molar refractivity (Wildman–Crippen MR) is 84.8 cm³/mol. The lowest BCUT2D eigenvalue weighted by Crippen LogP contribution is -2.19. The first-order chi connectivity index (χ1) is 10.2. The number of thiophene rings is 1. The van der Waals surface area contributed by atoms with Crippen LogP contribution in [-0.4, -0.2) is 17.6 Å². The summed E-state index contributed by atoms with van der Waals surface area (Å²) in [4.78, 5) is 27.7. The van der Waals surface area contributed by atoms with Gasteiger partial charge in [0.15, 0.2) is 0 Å². The van der Waals surface area contributed by atoms with Crippen LogP contribution < -0.4 is 5.56 Å². The van der Waals surface area contributed by atoms with E-state index in [-0.39, 0.29) is 17.7 Å². The molecular formula is C16H17NO3S. The number of ether oxygens (including phenoxy) is 1. The molecule has 0 spiro atoms. The first kappa shape index (κ1) is 14.1. The quantitative estimate of drug-likeness (QED) is 0.879. The maximum Gasteiger partial charge on any atom is 0.343 e. The molecule has 0 unspecified atom stereocenters. The van der Waals surface area contributed by atoms with E-state index in [4.69, 9.17) is 4.74 Å². The van der Waals surface area contributed by atoms with Crippen molar-refractivity contribution in [2.75, 3.05) is 6.61 Å². The molecule has 0 saturated carbocycles. The van der Waals surface area contributed by atoms with Crippen LogP contribution in [0, 0.1) is 0 Å². The van der Waals surface area contributed by atoms with Gasteiger partial charge in [-0.15, -0.1) is 11.3 Å². The molecule has 0 aromatic carbocycles. The van der Waals surface area contributed by atoms with Crippen molar-refractivity contribution in [3.63, 3.8) is 0 Å². The van der Waals surface area contributed by atoms with Gasteiger partial charge in [0.25, 0.3) is 5.56 Å². The number of aromatic nitrogens is 1. The smallest absolute Gasteiger partial charge is 0.343 e. The van der Waals surface area contributed by atoms with Gasteiger partial charge in [-0.1, -0.05) is 6.08 Å². The lowest BCUT2D eigenvalue weighted by Gasteiger charge is -2.09. The predicted octanol–water partition coefficient (Wildman–Crippen LogP) is 3.72. The van der Waals surface area contributed by atoms with Crippen LogP contribution in [0.15, 0.2) is 23.0 Å². The van der Waals surface area contributed by atoms with E-state index in [1.54, 1.807) is 24.3 Å². The molecule has 2 aromatic heterocycles. The summed E-state index contributed by atoms with van der Waals surface area (Å²) in [6.07, 6.45) is 6.94. The number of carbonyl (C=O) groups is 1. The molecule has 0 saturated heterocycles. The molecule has 5 heteroatoms. The third-order valence-electron chi connectivity index (χ3n) is 3.63. The van der Waals surface area contributed by atoms with Crippen molar-refractivity contribution < 1.29 is 9.53 Å². The molecule has 1 aliphatic carbocycles. The molecule has 0 fully saturated rings. The zero-order valence-electron chi connectivity index (χ0n) is 11.9. The van der Waals surface area contributed by atoms with Gasteiger partial charge in [0.1, 0.15) is 5.56 Å². The minimum Gasteiger partial charge on any atom is -0.462 e. The summed E-state index contributed by atoms with van der Waals surface area (Å²) in [6.45, 7) is 1.99. The minimum atomic E-state index is -0.563. The normalized spacial score (nSPS) is 15.0. The summed E-state index contributed by atoms with van der Waals surface area (Å²) in [6, 6.07) is 3.65. The zero-order chi connectivity index (χ0) is 14.8. The Kier molecular flexibility index (Phi) is 3.92. The Morgan fingerprint density at radius 1 is 1.38 bits per heavy atom. The van der Waals surface area contributed by atoms with Crippen LogP contribution in [0.3, 0.4) is 0 Å². The highest BCUT2D eigenvalue weighted by Gasteiger charge is 2.16. The molecule has 4 nitrogen and oxygen atoms in total. The molecule has 0 amide bonds. The van der Waals surface area contributed by atoms with Crippen LogP contribution in [0.4, 0.5) is 0 Å². The van der Waals surface area contributed by atoms with Gasteiger partial charge in [0.2, 0.25) is 0 Å². The number of fused-ring (bicyclic) bond motifs is 1. The average Bonchev–Trinajstić information content (AvgIpc) is 2.90. The molecule has 3 rings (SSSR count). The molecule has 110 valence electrons. The highest BCUT2D eigenvalue weighted by molar-refractivity contribution is 7.20. The Bertz CT molecular complexity index is 769. The number of rotatable bonds is 3. The molecule has 0 aliphatic heterocycles. The van der Waals surface area contributed by atoms with Crippen molar-refractivity contribution in [1.82, 2.24) is 4.98 Å². The summed E-state index contributed by atoms with van der Waals surface area (Å²) in [7, 11) is 0. The Balaban J connectivity index is 2.04. The fourth-order valence-electron chi connectivity index (χ4n) is 2.58. The fraction of sp³-hybridized carbons (Fsp3) is 0.375. The van der Waals surface area contributed by atoms with Crippen LogP contribution in [0.5, 0.6) is 0 Å². The van der Waals surface area contributed by atoms with E-state index in [9.17, 15) is 9.59 Å². The maximum atomic E-state index is 12.0. The molecule has 2 heterocycles. The van der Waals surface area contributed by atoms with Gasteiger partial charge in [0.05, 0.1) is 16.8 Å². The molecule has 0 atom stereocenters. The molecule has 0 bridgehead atoms. The largest absolute Gasteiger partial charge is 0.462 e. The van der Waals surface area contributed by atoms with Crippen LogP contribution in [0.25, 0.3) is 15.8 Å². The summed E-state index contributed by atoms with van der Waals surface area (Å²) < 4.78 is 5.83. The number of pyridine rings is 1. The lowest BCUT2D eigenvalue weighted by molar-refractivity contribution is 0.0524. The monoisotopic (exact) mass is 303 g/mol. The van der Waals surface area contributed by atoms with Gasteiger partial charge in [0, 0.05) is 4.88 Å². The van der Waals surface area contributed by atoms with E-state index >= 15 is 0 Å². The second-order valence-electron chi connectivity index (χ2n) is 5.10. The summed E-state index contributed by atoms with van der Waals surface area (Å²) >= 11 is 1.62. The number of hydrogen-bond donors (Lipinski definition) is 1. The molecule has 0 radical (unpaired) electrons. The third-order valence-corrected chi connectivity index (χ3v) is 4.79. The lowest BCUT2D eigenvalue weighted by atomic mass is 9.98. The van der Waals surface area contributed by atoms with Crippen molar-refractivity contribution in [2.24, 2.45) is 0 Å². The van der Waals surface area contributed by atoms with Gasteiger partial charge >= 0.3 is 5.97 Å². The first-order valence-electron chi connectivity index (χ1n) is 7.22. The summed E-state index contributed by atoms with van der Waals surface area (Å²) in [5, 5.41) is 0. The Labute approximate surface area is 126 Å². The van der Waals surface area contributed by atoms with Crippen LogP contribution >= 0.6 is 11.3 Å². The summed E-state index contributed by atoms with van der Waals surface area (Å²) in [5.74, 6) is -0.563. The van der Waals surface area contributed by atoms with Gasteiger partial charge in [-0.05, 0) is 50.3 Å². The first-order valence-corrected chi connectivity index (χ1v) is 8.04. The second-order valence-corrected chi connectivity index (χ2v) is 6.18. The molecule has 2 aromatic rings. The van der Waals surface area contributed by atoms with E-state index in [2.05, 4.69) is 11.1 Å². The third kappa shape index (κ3) is 2.78. The summed E-state index contributed by atoms with van der Waals surface area (Å²) in [5.41, 5.74) is 1.83. The van der Waals surface area contributed by atoms with Crippen molar-refractivity contribution in [3.05, 3.63) is 39.0 Å². The molecular weight excluding hydrogens is 286 g/mol. The fourth-order valence-corrected chi connectivity index (χ4v) is 3.70. The average molecular weight is 303 g/mol. The Morgan fingerprint density at radius 2 is 2.24 bits per heavy atom. The minimum absolute atomic E-state index is 0.0790. The maximum absolute atomic E-state index is 12.0. The zero-order valence-corrected chi connectivity index (χ0v) is 12.7. The second kappa shape index (κ2) is 5.85. The van der Waals surface area contributed by atoms with Crippen LogP contribution in [-0.2, 0) is 4.74 Å². The Morgan fingerprint density at radius 3 is 2.95 bits per heavy atom. The number of aromatic amines is 1. The van der Waals surface area contributed by atoms with E-state index in [0.717, 1.165) is 23.1 Å². The SMILES string of the molecule is CCOC(=O)c1cc2sc(C3=CCCCC3)cc2[nH]c1=O. The van der Waals surface area contributed by atoms with E-state index in [1.807, 2.05) is 6.07 Å². The van der Waals surface area contributed by atoms with Crippen LogP contribution in [0.1, 0.15) is 47.8 Å². The topological polar surface area (TPSA) is 59.2 Å². The number of esters is 1. The van der Waals surface area contributed by atoms with E-state index < -0.39 is 5.97 Å². The van der Waals surface area contributed by atoms with Crippen molar-refractivity contribution in [3.8, 4) is 0 Å². The standard InChI is InChI=1S/C16H17NO3S/c1-2-20-16(19)11-8-14-12(17-15(11)18)9-13(21-14)10-6-4-3-5-7-10/h6,8-9H,2-5,7H2,1H3,(H,17,18).